The molecule has 1 heterocycles. The van der Waals surface area contributed by atoms with Gasteiger partial charge in [-0.1, -0.05) is 17.7 Å². The Bertz CT molecular complexity index is 490. The van der Waals surface area contributed by atoms with Gasteiger partial charge in [-0.25, -0.2) is 0 Å². The zero-order valence-corrected chi connectivity index (χ0v) is 15.4. The number of nitrogens with zero attached hydrogens (tertiary/aromatic N) is 1. The molecule has 1 saturated heterocycles. The Kier molecular flexibility index (Phi) is 8.92. The molecule has 6 heteroatoms. The molecule has 2 N–H and O–H groups in total. The Hall–Kier alpha value is -0.810. The normalized spacial score (nSPS) is 17.3. The molecule has 0 radical (unpaired) electrons. The molecule has 1 aromatic carbocycles. The van der Waals surface area contributed by atoms with Crippen molar-refractivity contribution in [1.82, 2.24) is 10.2 Å². The number of hydrogen-bond donors (Lipinski definition) is 2. The Morgan fingerprint density at radius 3 is 2.70 bits per heavy atom. The molecule has 0 aromatic heterocycles. The molecule has 0 saturated carbocycles. The van der Waals surface area contributed by atoms with Crippen molar-refractivity contribution in [3.8, 4) is 0 Å². The Morgan fingerprint density at radius 2 is 2.09 bits per heavy atom. The first-order chi connectivity index (χ1) is 10.6. The number of hydrogen-bond acceptors (Lipinski definition) is 3. The zero-order chi connectivity index (χ0) is 15.9. The quantitative estimate of drug-likeness (QED) is 0.817. The van der Waals surface area contributed by atoms with Crippen LogP contribution in [0.25, 0.3) is 0 Å². The predicted octanol–water partition coefficient (Wildman–Crippen LogP) is 3.41. The van der Waals surface area contributed by atoms with E-state index in [1.807, 2.05) is 26.1 Å². The Balaban J connectivity index is 0.00000264. The Labute approximate surface area is 150 Å². The number of amides is 1. The molecule has 4 nitrogen and oxygen atoms in total. The lowest BCUT2D eigenvalue weighted by Crippen LogP contribution is -2.46. The topological polar surface area (TPSA) is 44.4 Å². The summed E-state index contributed by atoms with van der Waals surface area (Å²) < 4.78 is 0. The van der Waals surface area contributed by atoms with Crippen LogP contribution in [0, 0.1) is 5.92 Å². The summed E-state index contributed by atoms with van der Waals surface area (Å²) in [5.74, 6) is 0.822. The molecule has 0 aliphatic carbocycles. The van der Waals surface area contributed by atoms with Crippen molar-refractivity contribution in [2.24, 2.45) is 5.92 Å². The van der Waals surface area contributed by atoms with Crippen LogP contribution >= 0.6 is 24.0 Å². The van der Waals surface area contributed by atoms with Crippen molar-refractivity contribution in [3.63, 3.8) is 0 Å². The average molecular weight is 360 g/mol. The van der Waals surface area contributed by atoms with Gasteiger partial charge in [0.25, 0.3) is 0 Å². The number of carbonyl (C=O) groups excluding carboxylic acids is 1. The minimum atomic E-state index is -0.107. The van der Waals surface area contributed by atoms with E-state index in [-0.39, 0.29) is 24.4 Å². The fourth-order valence-electron chi connectivity index (χ4n) is 2.96. The van der Waals surface area contributed by atoms with Crippen LogP contribution in [-0.2, 0) is 4.79 Å². The van der Waals surface area contributed by atoms with E-state index in [4.69, 9.17) is 11.6 Å². The summed E-state index contributed by atoms with van der Waals surface area (Å²) in [6.07, 6.45) is 3.58. The van der Waals surface area contributed by atoms with E-state index in [1.54, 1.807) is 12.1 Å². The smallest absolute Gasteiger partial charge is 0.241 e. The van der Waals surface area contributed by atoms with Crippen LogP contribution in [0.4, 0.5) is 5.69 Å². The third kappa shape index (κ3) is 6.30. The summed E-state index contributed by atoms with van der Waals surface area (Å²) in [6, 6.07) is 7.17. The molecule has 130 valence electrons. The molecule has 1 fully saturated rings. The fourth-order valence-corrected chi connectivity index (χ4v) is 3.15. The maximum atomic E-state index is 12.4. The molecule has 1 atom stereocenters. The molecule has 2 rings (SSSR count). The van der Waals surface area contributed by atoms with E-state index in [1.165, 1.54) is 19.3 Å². The molecular weight excluding hydrogens is 333 g/mol. The molecule has 1 aliphatic rings. The molecule has 1 amide bonds. The second-order valence-corrected chi connectivity index (χ2v) is 6.48. The molecule has 23 heavy (non-hydrogen) atoms. The fraction of sp³-hybridized carbons (Fsp3) is 0.588. The molecule has 1 aliphatic heterocycles. The second-order valence-electron chi connectivity index (χ2n) is 6.05. The van der Waals surface area contributed by atoms with Crippen molar-refractivity contribution in [2.45, 2.75) is 32.2 Å². The van der Waals surface area contributed by atoms with E-state index in [2.05, 4.69) is 15.5 Å². The highest BCUT2D eigenvalue weighted by Gasteiger charge is 2.26. The summed E-state index contributed by atoms with van der Waals surface area (Å²) in [5.41, 5.74) is 0.758. The van der Waals surface area contributed by atoms with E-state index < -0.39 is 0 Å². The Morgan fingerprint density at radius 1 is 1.39 bits per heavy atom. The van der Waals surface area contributed by atoms with Gasteiger partial charge in [-0.2, -0.15) is 0 Å². The number of piperidine rings is 1. The largest absolute Gasteiger partial charge is 0.325 e. The highest BCUT2D eigenvalue weighted by atomic mass is 35.5. The molecule has 0 spiro atoms. The van der Waals surface area contributed by atoms with Gasteiger partial charge in [0.05, 0.1) is 6.04 Å². The molecule has 1 aromatic rings. The van der Waals surface area contributed by atoms with Gasteiger partial charge in [-0.05, 0) is 77.0 Å². The first-order valence-electron chi connectivity index (χ1n) is 8.05. The number of anilines is 1. The third-order valence-electron chi connectivity index (χ3n) is 4.47. The highest BCUT2D eigenvalue weighted by molar-refractivity contribution is 6.30. The second kappa shape index (κ2) is 10.1. The highest BCUT2D eigenvalue weighted by Crippen LogP contribution is 2.22. The lowest BCUT2D eigenvalue weighted by atomic mass is 9.93. The van der Waals surface area contributed by atoms with Gasteiger partial charge in [0.15, 0.2) is 0 Å². The van der Waals surface area contributed by atoms with Gasteiger partial charge >= 0.3 is 0 Å². The van der Waals surface area contributed by atoms with Crippen molar-refractivity contribution in [2.75, 3.05) is 32.0 Å². The van der Waals surface area contributed by atoms with E-state index in [0.717, 1.165) is 31.2 Å². The van der Waals surface area contributed by atoms with Gasteiger partial charge in [0, 0.05) is 10.7 Å². The first kappa shape index (κ1) is 20.2. The van der Waals surface area contributed by atoms with Crippen LogP contribution in [0.3, 0.4) is 0 Å². The summed E-state index contributed by atoms with van der Waals surface area (Å²) >= 11 is 5.95. The summed E-state index contributed by atoms with van der Waals surface area (Å²) in [4.78, 5) is 14.6. The minimum Gasteiger partial charge on any atom is -0.325 e. The van der Waals surface area contributed by atoms with Crippen LogP contribution in [-0.4, -0.2) is 43.5 Å². The van der Waals surface area contributed by atoms with Crippen molar-refractivity contribution in [3.05, 3.63) is 29.3 Å². The lowest BCUT2D eigenvalue weighted by Gasteiger charge is -2.35. The number of halogens is 2. The summed E-state index contributed by atoms with van der Waals surface area (Å²) in [5, 5.41) is 6.80. The number of likely N-dealkylation sites (tertiary alicyclic amines) is 1. The van der Waals surface area contributed by atoms with E-state index >= 15 is 0 Å². The summed E-state index contributed by atoms with van der Waals surface area (Å²) in [6.45, 7) is 5.06. The third-order valence-corrected chi connectivity index (χ3v) is 4.71. The minimum absolute atomic E-state index is 0. The first-order valence-corrected chi connectivity index (χ1v) is 8.43. The molecule has 0 bridgehead atoms. The number of carbonyl (C=O) groups is 1. The van der Waals surface area contributed by atoms with Gasteiger partial charge in [-0.3, -0.25) is 9.69 Å². The van der Waals surface area contributed by atoms with Crippen LogP contribution in [0.15, 0.2) is 24.3 Å². The van der Waals surface area contributed by atoms with Crippen LogP contribution in [0.2, 0.25) is 5.02 Å². The standard InChI is InChI=1S/C17H26ClN3O.ClH/c1-13(17(22)20-16-5-3-4-15(18)12-16)21-10-7-14(8-11-21)6-9-19-2;/h3-5,12-14,19H,6-11H2,1-2H3,(H,20,22);1H. The van der Waals surface area contributed by atoms with Crippen LogP contribution in [0.1, 0.15) is 26.2 Å². The van der Waals surface area contributed by atoms with Gasteiger partial charge in [0.2, 0.25) is 5.91 Å². The van der Waals surface area contributed by atoms with Gasteiger partial charge < -0.3 is 10.6 Å². The number of nitrogens with one attached hydrogen (secondary N) is 2. The van der Waals surface area contributed by atoms with Crippen LogP contribution < -0.4 is 10.6 Å². The van der Waals surface area contributed by atoms with E-state index in [9.17, 15) is 4.79 Å². The van der Waals surface area contributed by atoms with Crippen LogP contribution in [0.5, 0.6) is 0 Å². The van der Waals surface area contributed by atoms with E-state index in [0.29, 0.717) is 5.02 Å². The average Bonchev–Trinajstić information content (AvgIpc) is 2.52. The van der Waals surface area contributed by atoms with Crippen molar-refractivity contribution < 1.29 is 4.79 Å². The number of benzene rings is 1. The van der Waals surface area contributed by atoms with Gasteiger partial charge in [-0.15, -0.1) is 12.4 Å². The SMILES string of the molecule is CNCCC1CCN(C(C)C(=O)Nc2cccc(Cl)c2)CC1.Cl. The molecular formula is C17H27Cl2N3O. The van der Waals surface area contributed by atoms with Gasteiger partial charge in [0.1, 0.15) is 0 Å². The summed E-state index contributed by atoms with van der Waals surface area (Å²) in [7, 11) is 2.00. The number of rotatable bonds is 6. The van der Waals surface area contributed by atoms with Crippen molar-refractivity contribution in [1.29, 1.82) is 0 Å². The van der Waals surface area contributed by atoms with Crippen molar-refractivity contribution >= 4 is 35.6 Å². The zero-order valence-electron chi connectivity index (χ0n) is 13.8. The lowest BCUT2D eigenvalue weighted by molar-refractivity contribution is -0.121. The maximum absolute atomic E-state index is 12.4. The predicted molar refractivity (Wildman–Crippen MR) is 99.6 cm³/mol. The maximum Gasteiger partial charge on any atom is 0.241 e. The monoisotopic (exact) mass is 359 g/mol. The molecule has 1 unspecified atom stereocenters.